The van der Waals surface area contributed by atoms with Gasteiger partial charge >= 0.3 is 0 Å². The SMILES string of the molecule is COc1cc(/C=C2\SC(=O)N(c3ccccc3)C2=O)c(Br)cc1OCc1ccccc1Cl. The van der Waals surface area contributed by atoms with Crippen LogP contribution >= 0.6 is 39.3 Å². The Labute approximate surface area is 203 Å². The molecule has 8 heteroatoms. The van der Waals surface area contributed by atoms with Crippen molar-refractivity contribution in [2.24, 2.45) is 0 Å². The zero-order valence-electron chi connectivity index (χ0n) is 16.9. The maximum Gasteiger partial charge on any atom is 0.298 e. The number of nitrogens with zero attached hydrogens (tertiary/aromatic N) is 1. The van der Waals surface area contributed by atoms with Crippen molar-refractivity contribution in [3.63, 3.8) is 0 Å². The van der Waals surface area contributed by atoms with E-state index in [1.165, 1.54) is 4.90 Å². The van der Waals surface area contributed by atoms with Crippen molar-refractivity contribution in [2.45, 2.75) is 6.61 Å². The average Bonchev–Trinajstić information content (AvgIpc) is 3.08. The molecular formula is C24H17BrClNO4S. The molecule has 3 aromatic rings. The van der Waals surface area contributed by atoms with Gasteiger partial charge in [0, 0.05) is 15.1 Å². The maximum atomic E-state index is 12.9. The quantitative estimate of drug-likeness (QED) is 0.323. The molecule has 0 N–H and O–H groups in total. The molecule has 1 saturated heterocycles. The largest absolute Gasteiger partial charge is 0.493 e. The van der Waals surface area contributed by atoms with E-state index >= 15 is 0 Å². The molecule has 0 aliphatic carbocycles. The second-order valence-corrected chi connectivity index (χ2v) is 9.01. The summed E-state index contributed by atoms with van der Waals surface area (Å²) in [5, 5.41) is 0.284. The van der Waals surface area contributed by atoms with Crippen LogP contribution in [0.3, 0.4) is 0 Å². The van der Waals surface area contributed by atoms with Crippen LogP contribution in [0.25, 0.3) is 6.08 Å². The predicted octanol–water partition coefficient (Wildman–Crippen LogP) is 6.93. The lowest BCUT2D eigenvalue weighted by Crippen LogP contribution is -2.27. The maximum absolute atomic E-state index is 12.9. The molecule has 1 heterocycles. The van der Waals surface area contributed by atoms with E-state index in [1.807, 2.05) is 24.3 Å². The van der Waals surface area contributed by atoms with E-state index < -0.39 is 0 Å². The number of para-hydroxylation sites is 1. The molecule has 0 radical (unpaired) electrons. The molecule has 0 aromatic heterocycles. The van der Waals surface area contributed by atoms with Gasteiger partial charge in [0.2, 0.25) is 0 Å². The third-order valence-corrected chi connectivity index (χ3v) is 6.64. The first-order valence-corrected chi connectivity index (χ1v) is 11.5. The molecule has 2 amide bonds. The van der Waals surface area contributed by atoms with Gasteiger partial charge in [-0.05, 0) is 53.7 Å². The number of amides is 2. The van der Waals surface area contributed by atoms with E-state index in [1.54, 1.807) is 55.7 Å². The standard InChI is InChI=1S/C24H17BrClNO4S/c1-30-20-11-16(18(25)13-21(20)31-14-15-7-5-6-10-19(15)26)12-22-23(28)27(24(29)32-22)17-8-3-2-4-9-17/h2-13H,14H2,1H3/b22-12-. The van der Waals surface area contributed by atoms with Gasteiger partial charge in [0.1, 0.15) is 6.61 Å². The van der Waals surface area contributed by atoms with Crippen molar-refractivity contribution in [2.75, 3.05) is 12.0 Å². The summed E-state index contributed by atoms with van der Waals surface area (Å²) < 4.78 is 12.1. The molecule has 1 aliphatic heterocycles. The smallest absolute Gasteiger partial charge is 0.298 e. The minimum atomic E-state index is -0.365. The topological polar surface area (TPSA) is 55.8 Å². The number of methoxy groups -OCH3 is 1. The van der Waals surface area contributed by atoms with Gasteiger partial charge in [-0.15, -0.1) is 0 Å². The van der Waals surface area contributed by atoms with Crippen LogP contribution in [0, 0.1) is 0 Å². The zero-order chi connectivity index (χ0) is 22.7. The lowest BCUT2D eigenvalue weighted by molar-refractivity contribution is -0.113. The summed E-state index contributed by atoms with van der Waals surface area (Å²) in [5.41, 5.74) is 2.08. The van der Waals surface area contributed by atoms with E-state index in [0.717, 1.165) is 17.3 Å². The van der Waals surface area contributed by atoms with Crippen LogP contribution in [0.2, 0.25) is 5.02 Å². The van der Waals surface area contributed by atoms with Gasteiger partial charge in [0.15, 0.2) is 11.5 Å². The molecule has 3 aromatic carbocycles. The van der Waals surface area contributed by atoms with Gasteiger partial charge < -0.3 is 9.47 Å². The summed E-state index contributed by atoms with van der Waals surface area (Å²) in [4.78, 5) is 26.8. The van der Waals surface area contributed by atoms with E-state index in [0.29, 0.717) is 37.2 Å². The number of ether oxygens (including phenoxy) is 2. The van der Waals surface area contributed by atoms with E-state index in [2.05, 4.69) is 15.9 Å². The molecule has 1 fully saturated rings. The number of rotatable bonds is 6. The number of hydrogen-bond acceptors (Lipinski definition) is 5. The molecule has 0 spiro atoms. The summed E-state index contributed by atoms with van der Waals surface area (Å²) in [6.45, 7) is 0.276. The summed E-state index contributed by atoms with van der Waals surface area (Å²) >= 11 is 10.6. The number of hydrogen-bond donors (Lipinski definition) is 0. The summed E-state index contributed by atoms with van der Waals surface area (Å²) in [6.07, 6.45) is 1.66. The van der Waals surface area contributed by atoms with Gasteiger partial charge in [0.05, 0.1) is 17.7 Å². The average molecular weight is 531 g/mol. The fraction of sp³-hybridized carbons (Fsp3) is 0.0833. The molecule has 1 aliphatic rings. The minimum Gasteiger partial charge on any atom is -0.493 e. The Morgan fingerprint density at radius 1 is 1.03 bits per heavy atom. The number of carbonyl (C=O) groups excluding carboxylic acids is 2. The van der Waals surface area contributed by atoms with Crippen LogP contribution in [-0.4, -0.2) is 18.3 Å². The van der Waals surface area contributed by atoms with Crippen molar-refractivity contribution >= 4 is 62.2 Å². The highest BCUT2D eigenvalue weighted by Crippen LogP contribution is 2.39. The Balaban J connectivity index is 1.59. The van der Waals surface area contributed by atoms with Crippen molar-refractivity contribution in [3.8, 4) is 11.5 Å². The number of thioether (sulfide) groups is 1. The van der Waals surface area contributed by atoms with Crippen LogP contribution in [0.1, 0.15) is 11.1 Å². The fourth-order valence-electron chi connectivity index (χ4n) is 3.11. The van der Waals surface area contributed by atoms with Crippen LogP contribution in [0.4, 0.5) is 10.5 Å². The highest BCUT2D eigenvalue weighted by Gasteiger charge is 2.36. The van der Waals surface area contributed by atoms with Crippen molar-refractivity contribution < 1.29 is 19.1 Å². The Kier molecular flexibility index (Phi) is 6.89. The summed E-state index contributed by atoms with van der Waals surface area (Å²) in [6, 6.07) is 19.8. The number of halogens is 2. The number of benzene rings is 3. The molecular weight excluding hydrogens is 514 g/mol. The monoisotopic (exact) mass is 529 g/mol. The van der Waals surface area contributed by atoms with Gasteiger partial charge in [-0.2, -0.15) is 0 Å². The van der Waals surface area contributed by atoms with Crippen molar-refractivity contribution in [1.29, 1.82) is 0 Å². The molecule has 0 atom stereocenters. The third-order valence-electron chi connectivity index (χ3n) is 4.72. The Morgan fingerprint density at radius 3 is 2.47 bits per heavy atom. The fourth-order valence-corrected chi connectivity index (χ4v) is 4.57. The number of imide groups is 1. The first-order chi connectivity index (χ1) is 15.5. The van der Waals surface area contributed by atoms with Gasteiger partial charge in [-0.3, -0.25) is 9.59 Å². The lowest BCUT2D eigenvalue weighted by Gasteiger charge is -2.14. The molecule has 4 rings (SSSR count). The molecule has 0 bridgehead atoms. The highest BCUT2D eigenvalue weighted by atomic mass is 79.9. The summed E-state index contributed by atoms with van der Waals surface area (Å²) in [7, 11) is 1.54. The molecule has 0 saturated carbocycles. The van der Waals surface area contributed by atoms with Crippen LogP contribution in [-0.2, 0) is 11.4 Å². The molecule has 162 valence electrons. The van der Waals surface area contributed by atoms with Crippen LogP contribution in [0.15, 0.2) is 76.1 Å². The van der Waals surface area contributed by atoms with Crippen LogP contribution in [0.5, 0.6) is 11.5 Å². The first-order valence-electron chi connectivity index (χ1n) is 9.54. The molecule has 0 unspecified atom stereocenters. The van der Waals surface area contributed by atoms with Gasteiger partial charge in [0.25, 0.3) is 11.1 Å². The second kappa shape index (κ2) is 9.81. The van der Waals surface area contributed by atoms with E-state index in [9.17, 15) is 9.59 Å². The summed E-state index contributed by atoms with van der Waals surface area (Å²) in [5.74, 6) is 0.652. The Bertz CT molecular complexity index is 1220. The first kappa shape index (κ1) is 22.5. The van der Waals surface area contributed by atoms with Crippen LogP contribution < -0.4 is 14.4 Å². The number of carbonyl (C=O) groups is 2. The van der Waals surface area contributed by atoms with Crippen molar-refractivity contribution in [3.05, 3.63) is 92.3 Å². The Morgan fingerprint density at radius 2 is 1.75 bits per heavy atom. The molecule has 5 nitrogen and oxygen atoms in total. The van der Waals surface area contributed by atoms with Gasteiger partial charge in [-0.1, -0.05) is 63.9 Å². The number of anilines is 1. The van der Waals surface area contributed by atoms with Crippen molar-refractivity contribution in [1.82, 2.24) is 0 Å². The zero-order valence-corrected chi connectivity index (χ0v) is 20.0. The molecule has 32 heavy (non-hydrogen) atoms. The van der Waals surface area contributed by atoms with E-state index in [-0.39, 0.29) is 17.8 Å². The highest BCUT2D eigenvalue weighted by molar-refractivity contribution is 9.10. The second-order valence-electron chi connectivity index (χ2n) is 6.76. The van der Waals surface area contributed by atoms with Gasteiger partial charge in [-0.25, -0.2) is 4.90 Å². The predicted molar refractivity (Wildman–Crippen MR) is 131 cm³/mol. The Hall–Kier alpha value is -2.74. The van der Waals surface area contributed by atoms with E-state index in [4.69, 9.17) is 21.1 Å². The lowest BCUT2D eigenvalue weighted by atomic mass is 10.1. The normalized spacial score (nSPS) is 14.8. The minimum absolute atomic E-state index is 0.276. The third kappa shape index (κ3) is 4.70.